The van der Waals surface area contributed by atoms with E-state index in [4.69, 9.17) is 11.6 Å². The standard InChI is InChI=1S/C14H9ClFNO3/c15-11-5-2-6-12(17(19)20)14(11)13(18)8-9-3-1-4-10(16)7-9/h1-7H,8H2. The van der Waals surface area contributed by atoms with Crippen LogP contribution in [0.2, 0.25) is 5.02 Å². The summed E-state index contributed by atoms with van der Waals surface area (Å²) in [6.45, 7) is 0. The lowest BCUT2D eigenvalue weighted by molar-refractivity contribution is -0.385. The molecule has 2 aromatic carbocycles. The van der Waals surface area contributed by atoms with Gasteiger partial charge in [-0.2, -0.15) is 0 Å². The summed E-state index contributed by atoms with van der Waals surface area (Å²) in [5.74, 6) is -0.989. The van der Waals surface area contributed by atoms with Crippen LogP contribution in [-0.4, -0.2) is 10.7 Å². The Balaban J connectivity index is 2.37. The van der Waals surface area contributed by atoms with Crippen LogP contribution in [0.4, 0.5) is 10.1 Å². The number of nitro groups is 1. The monoisotopic (exact) mass is 293 g/mol. The molecule has 4 nitrogen and oxygen atoms in total. The predicted octanol–water partition coefficient (Wildman–Crippen LogP) is 3.81. The second kappa shape index (κ2) is 5.79. The molecule has 102 valence electrons. The third kappa shape index (κ3) is 3.00. The fraction of sp³-hybridized carbons (Fsp3) is 0.0714. The highest BCUT2D eigenvalue weighted by Gasteiger charge is 2.23. The summed E-state index contributed by atoms with van der Waals surface area (Å²) in [5.41, 5.74) is -0.0634. The maximum absolute atomic E-state index is 13.1. The minimum absolute atomic E-state index is 0.0144. The Kier molecular flexibility index (Phi) is 4.10. The Morgan fingerprint density at radius 2 is 1.95 bits per heavy atom. The molecule has 0 aliphatic heterocycles. The highest BCUT2D eigenvalue weighted by molar-refractivity contribution is 6.34. The van der Waals surface area contributed by atoms with Crippen LogP contribution in [0.5, 0.6) is 0 Å². The van der Waals surface area contributed by atoms with Gasteiger partial charge < -0.3 is 0 Å². The molecule has 0 bridgehead atoms. The van der Waals surface area contributed by atoms with Crippen LogP contribution in [0.3, 0.4) is 0 Å². The molecule has 0 heterocycles. The van der Waals surface area contributed by atoms with Crippen molar-refractivity contribution in [3.63, 3.8) is 0 Å². The zero-order valence-electron chi connectivity index (χ0n) is 10.2. The zero-order chi connectivity index (χ0) is 14.7. The molecule has 0 spiro atoms. The first-order valence-electron chi connectivity index (χ1n) is 5.69. The maximum Gasteiger partial charge on any atom is 0.281 e. The lowest BCUT2D eigenvalue weighted by atomic mass is 10.0. The van der Waals surface area contributed by atoms with Crippen LogP contribution in [0.15, 0.2) is 42.5 Å². The highest BCUT2D eigenvalue weighted by Crippen LogP contribution is 2.27. The number of ketones is 1. The summed E-state index contributed by atoms with van der Waals surface area (Å²) >= 11 is 5.87. The molecular weight excluding hydrogens is 285 g/mol. The lowest BCUT2D eigenvalue weighted by Gasteiger charge is -2.05. The smallest absolute Gasteiger partial charge is 0.281 e. The Bertz CT molecular complexity index is 688. The number of carbonyl (C=O) groups excluding carboxylic acids is 1. The van der Waals surface area contributed by atoms with Crippen molar-refractivity contribution in [2.24, 2.45) is 0 Å². The Morgan fingerprint density at radius 3 is 2.60 bits per heavy atom. The van der Waals surface area contributed by atoms with Gasteiger partial charge in [0.05, 0.1) is 9.95 Å². The third-order valence-electron chi connectivity index (χ3n) is 2.72. The average Bonchev–Trinajstić information content (AvgIpc) is 2.38. The van der Waals surface area contributed by atoms with E-state index in [-0.39, 0.29) is 22.7 Å². The number of hydrogen-bond acceptors (Lipinski definition) is 3. The van der Waals surface area contributed by atoms with Crippen LogP contribution in [-0.2, 0) is 6.42 Å². The first kappa shape index (κ1) is 14.1. The van der Waals surface area contributed by atoms with Gasteiger partial charge in [0.15, 0.2) is 5.78 Å². The van der Waals surface area contributed by atoms with Crippen molar-refractivity contribution in [3.05, 3.63) is 74.5 Å². The number of nitrogens with zero attached hydrogens (tertiary/aromatic N) is 1. The van der Waals surface area contributed by atoms with Gasteiger partial charge in [0.25, 0.3) is 5.69 Å². The van der Waals surface area contributed by atoms with Gasteiger partial charge in [-0.3, -0.25) is 14.9 Å². The number of hydrogen-bond donors (Lipinski definition) is 0. The van der Waals surface area contributed by atoms with E-state index in [2.05, 4.69) is 0 Å². The molecule has 0 saturated heterocycles. The number of nitro benzene ring substituents is 1. The fourth-order valence-corrected chi connectivity index (χ4v) is 2.14. The molecule has 0 amide bonds. The molecule has 0 aliphatic carbocycles. The largest absolute Gasteiger partial charge is 0.293 e. The van der Waals surface area contributed by atoms with Crippen LogP contribution < -0.4 is 0 Å². The summed E-state index contributed by atoms with van der Waals surface area (Å²) in [6, 6.07) is 9.53. The second-order valence-electron chi connectivity index (χ2n) is 4.12. The molecule has 6 heteroatoms. The van der Waals surface area contributed by atoms with Crippen molar-refractivity contribution in [3.8, 4) is 0 Å². The molecule has 0 saturated carbocycles. The van der Waals surface area contributed by atoms with Crippen molar-refractivity contribution in [1.82, 2.24) is 0 Å². The van der Waals surface area contributed by atoms with Crippen molar-refractivity contribution in [2.45, 2.75) is 6.42 Å². The van der Waals surface area contributed by atoms with E-state index in [1.807, 2.05) is 0 Å². The van der Waals surface area contributed by atoms with Gasteiger partial charge in [-0.05, 0) is 23.8 Å². The number of rotatable bonds is 4. The summed E-state index contributed by atoms with van der Waals surface area (Å²) in [6.07, 6.45) is -0.150. The van der Waals surface area contributed by atoms with Gasteiger partial charge in [0, 0.05) is 12.5 Å². The van der Waals surface area contributed by atoms with E-state index >= 15 is 0 Å². The minimum Gasteiger partial charge on any atom is -0.293 e. The third-order valence-corrected chi connectivity index (χ3v) is 3.04. The number of Topliss-reactive ketones (excluding diaryl/α,β-unsaturated/α-hetero) is 1. The average molecular weight is 294 g/mol. The Hall–Kier alpha value is -2.27. The molecular formula is C14H9ClFNO3. The normalized spacial score (nSPS) is 10.3. The van der Waals surface area contributed by atoms with E-state index < -0.39 is 16.5 Å². The maximum atomic E-state index is 13.1. The molecule has 0 atom stereocenters. The van der Waals surface area contributed by atoms with E-state index in [0.29, 0.717) is 5.56 Å². The van der Waals surface area contributed by atoms with E-state index in [1.165, 1.54) is 36.4 Å². The quantitative estimate of drug-likeness (QED) is 0.489. The first-order chi connectivity index (χ1) is 9.49. The van der Waals surface area contributed by atoms with E-state index in [1.54, 1.807) is 6.07 Å². The Morgan fingerprint density at radius 1 is 1.25 bits per heavy atom. The summed E-state index contributed by atoms with van der Waals surface area (Å²) < 4.78 is 13.1. The molecule has 0 aromatic heterocycles. The van der Waals surface area contributed by atoms with Gasteiger partial charge in [0.2, 0.25) is 0 Å². The lowest BCUT2D eigenvalue weighted by Crippen LogP contribution is -2.08. The SMILES string of the molecule is O=C(Cc1cccc(F)c1)c1c(Cl)cccc1[N+](=O)[O-]. The van der Waals surface area contributed by atoms with Crippen LogP contribution in [0.1, 0.15) is 15.9 Å². The molecule has 20 heavy (non-hydrogen) atoms. The van der Waals surface area contributed by atoms with Gasteiger partial charge in [-0.25, -0.2) is 4.39 Å². The summed E-state index contributed by atoms with van der Waals surface area (Å²) in [4.78, 5) is 22.4. The molecule has 0 N–H and O–H groups in total. The highest BCUT2D eigenvalue weighted by atomic mass is 35.5. The molecule has 0 fully saturated rings. The van der Waals surface area contributed by atoms with Crippen LogP contribution in [0.25, 0.3) is 0 Å². The van der Waals surface area contributed by atoms with E-state index in [9.17, 15) is 19.3 Å². The molecule has 0 unspecified atom stereocenters. The van der Waals surface area contributed by atoms with Crippen LogP contribution >= 0.6 is 11.6 Å². The Labute approximate surface area is 119 Å². The fourth-order valence-electron chi connectivity index (χ4n) is 1.86. The van der Waals surface area contributed by atoms with Gasteiger partial charge in [-0.1, -0.05) is 29.8 Å². The van der Waals surface area contributed by atoms with Gasteiger partial charge in [0.1, 0.15) is 11.4 Å². The summed E-state index contributed by atoms with van der Waals surface area (Å²) in [5, 5.41) is 10.9. The zero-order valence-corrected chi connectivity index (χ0v) is 10.9. The second-order valence-corrected chi connectivity index (χ2v) is 4.53. The molecule has 2 rings (SSSR count). The van der Waals surface area contributed by atoms with Gasteiger partial charge in [-0.15, -0.1) is 0 Å². The molecule has 0 aliphatic rings. The molecule has 0 radical (unpaired) electrons. The first-order valence-corrected chi connectivity index (χ1v) is 6.07. The number of carbonyl (C=O) groups is 1. The van der Waals surface area contributed by atoms with Crippen molar-refractivity contribution in [2.75, 3.05) is 0 Å². The number of halogens is 2. The van der Waals surface area contributed by atoms with Crippen molar-refractivity contribution in [1.29, 1.82) is 0 Å². The summed E-state index contributed by atoms with van der Waals surface area (Å²) in [7, 11) is 0. The molecule has 2 aromatic rings. The predicted molar refractivity (Wildman–Crippen MR) is 72.5 cm³/mol. The minimum atomic E-state index is -0.662. The number of benzene rings is 2. The van der Waals surface area contributed by atoms with E-state index in [0.717, 1.165) is 0 Å². The van der Waals surface area contributed by atoms with Crippen molar-refractivity contribution < 1.29 is 14.1 Å². The van der Waals surface area contributed by atoms with Crippen molar-refractivity contribution >= 4 is 23.1 Å². The van der Waals surface area contributed by atoms with Gasteiger partial charge >= 0.3 is 0 Å². The van der Waals surface area contributed by atoms with Crippen LogP contribution in [0, 0.1) is 15.9 Å². The topological polar surface area (TPSA) is 60.2 Å².